The molecule has 3 rings (SSSR count). The van der Waals surface area contributed by atoms with Crippen LogP contribution >= 0.6 is 22.9 Å². The lowest BCUT2D eigenvalue weighted by atomic mass is 10.2. The summed E-state index contributed by atoms with van der Waals surface area (Å²) in [7, 11) is 2.56. The van der Waals surface area contributed by atoms with Gasteiger partial charge in [0.15, 0.2) is 6.61 Å². The number of Topliss-reactive ketones (excluding diaryl/α,β-unsaturated/α-hetero) is 1. The van der Waals surface area contributed by atoms with Gasteiger partial charge in [-0.3, -0.25) is 18.7 Å². The van der Waals surface area contributed by atoms with Crippen molar-refractivity contribution in [3.63, 3.8) is 0 Å². The summed E-state index contributed by atoms with van der Waals surface area (Å²) in [6, 6.07) is 7.18. The van der Waals surface area contributed by atoms with Gasteiger partial charge in [-0.15, -0.1) is 11.3 Å². The van der Waals surface area contributed by atoms with Gasteiger partial charge in [0.2, 0.25) is 5.78 Å². The molecule has 0 aliphatic heterocycles. The van der Waals surface area contributed by atoms with Gasteiger partial charge < -0.3 is 10.5 Å². The number of hydrogen-bond acceptors (Lipinski definition) is 7. The van der Waals surface area contributed by atoms with E-state index >= 15 is 0 Å². The summed E-state index contributed by atoms with van der Waals surface area (Å²) in [4.78, 5) is 48.8. The van der Waals surface area contributed by atoms with Crippen molar-refractivity contribution in [1.29, 1.82) is 0 Å². The monoisotopic (exact) mass is 407 g/mol. The van der Waals surface area contributed by atoms with Crippen molar-refractivity contribution in [3.8, 4) is 0 Å². The molecule has 0 aliphatic carbocycles. The third-order valence-electron chi connectivity index (χ3n) is 4.04. The van der Waals surface area contributed by atoms with Crippen LogP contribution in [0.2, 0.25) is 5.02 Å². The van der Waals surface area contributed by atoms with E-state index in [4.69, 9.17) is 22.1 Å². The summed E-state index contributed by atoms with van der Waals surface area (Å²) in [6.45, 7) is -0.707. The molecule has 1 aromatic carbocycles. The molecule has 8 nitrogen and oxygen atoms in total. The number of carbonyl (C=O) groups excluding carboxylic acids is 2. The molecule has 140 valence electrons. The average molecular weight is 408 g/mol. The Balaban J connectivity index is 1.86. The summed E-state index contributed by atoms with van der Waals surface area (Å²) < 4.78 is 7.55. The van der Waals surface area contributed by atoms with Crippen LogP contribution in [0.15, 0.2) is 33.9 Å². The van der Waals surface area contributed by atoms with Crippen LogP contribution in [0.1, 0.15) is 20.0 Å². The molecule has 2 aromatic heterocycles. The van der Waals surface area contributed by atoms with E-state index in [1.165, 1.54) is 14.1 Å². The van der Waals surface area contributed by atoms with Crippen LogP contribution in [-0.4, -0.2) is 27.5 Å². The first-order valence-corrected chi connectivity index (χ1v) is 8.86. The van der Waals surface area contributed by atoms with Crippen LogP contribution in [0.25, 0.3) is 10.1 Å². The first-order chi connectivity index (χ1) is 12.7. The maximum Gasteiger partial charge on any atom is 0.350 e. The van der Waals surface area contributed by atoms with Gasteiger partial charge in [-0.25, -0.2) is 9.59 Å². The summed E-state index contributed by atoms with van der Waals surface area (Å²) in [5, 5.41) is 0.948. The van der Waals surface area contributed by atoms with E-state index in [9.17, 15) is 19.2 Å². The predicted octanol–water partition coefficient (Wildman–Crippen LogP) is 1.57. The van der Waals surface area contributed by atoms with Crippen molar-refractivity contribution < 1.29 is 14.3 Å². The second-order valence-corrected chi connectivity index (χ2v) is 7.14. The lowest BCUT2D eigenvalue weighted by Gasteiger charge is -2.10. The number of aromatic nitrogens is 2. The van der Waals surface area contributed by atoms with Crippen LogP contribution in [0.5, 0.6) is 0 Å². The molecule has 3 aromatic rings. The van der Waals surface area contributed by atoms with Gasteiger partial charge in [-0.2, -0.15) is 0 Å². The van der Waals surface area contributed by atoms with E-state index in [1.807, 2.05) is 12.1 Å². The van der Waals surface area contributed by atoms with Crippen LogP contribution in [0.3, 0.4) is 0 Å². The van der Waals surface area contributed by atoms with E-state index in [1.54, 1.807) is 12.1 Å². The maximum atomic E-state index is 12.4. The minimum atomic E-state index is -0.850. The molecule has 0 aliphatic rings. The molecule has 0 amide bonds. The molecule has 2 heterocycles. The van der Waals surface area contributed by atoms with Gasteiger partial charge >= 0.3 is 11.7 Å². The predicted molar refractivity (Wildman–Crippen MR) is 103 cm³/mol. The van der Waals surface area contributed by atoms with Crippen LogP contribution in [0.4, 0.5) is 5.82 Å². The molecule has 2 N–H and O–H groups in total. The Labute approximate surface area is 161 Å². The summed E-state index contributed by atoms with van der Waals surface area (Å²) in [6.07, 6.45) is 0. The second kappa shape index (κ2) is 7.01. The van der Waals surface area contributed by atoms with Gasteiger partial charge in [-0.1, -0.05) is 29.8 Å². The first-order valence-electron chi connectivity index (χ1n) is 7.66. The third kappa shape index (κ3) is 3.15. The number of hydrogen-bond donors (Lipinski definition) is 1. The highest BCUT2D eigenvalue weighted by Crippen LogP contribution is 2.35. The van der Waals surface area contributed by atoms with E-state index < -0.39 is 35.2 Å². The number of rotatable bonds is 4. The van der Waals surface area contributed by atoms with E-state index in [0.717, 1.165) is 25.2 Å². The molecule has 0 fully saturated rings. The highest BCUT2D eigenvalue weighted by Gasteiger charge is 2.23. The van der Waals surface area contributed by atoms with Crippen LogP contribution in [0, 0.1) is 0 Å². The van der Waals surface area contributed by atoms with Crippen molar-refractivity contribution >= 4 is 50.6 Å². The van der Waals surface area contributed by atoms with Gasteiger partial charge in [0.25, 0.3) is 5.56 Å². The molecule has 0 saturated carbocycles. The van der Waals surface area contributed by atoms with Crippen molar-refractivity contribution in [2.75, 3.05) is 12.3 Å². The quantitative estimate of drug-likeness (QED) is 0.518. The summed E-state index contributed by atoms with van der Waals surface area (Å²) in [5.41, 5.74) is 3.79. The molecule has 0 unspecified atom stereocenters. The number of ether oxygens (including phenoxy) is 1. The smallest absolute Gasteiger partial charge is 0.350 e. The van der Waals surface area contributed by atoms with Crippen LogP contribution in [-0.2, 0) is 18.8 Å². The Morgan fingerprint density at radius 1 is 1.19 bits per heavy atom. The summed E-state index contributed by atoms with van der Waals surface area (Å²) >= 11 is 7.35. The largest absolute Gasteiger partial charge is 0.453 e. The Morgan fingerprint density at radius 2 is 1.85 bits per heavy atom. The Bertz CT molecular complexity index is 1210. The number of benzene rings is 1. The van der Waals surface area contributed by atoms with Gasteiger partial charge in [0, 0.05) is 24.2 Å². The normalized spacial score (nSPS) is 10.9. The van der Waals surface area contributed by atoms with Gasteiger partial charge in [-0.05, 0) is 6.07 Å². The van der Waals surface area contributed by atoms with E-state index in [2.05, 4.69) is 0 Å². The molecule has 27 heavy (non-hydrogen) atoms. The first kappa shape index (κ1) is 18.9. The Morgan fingerprint density at radius 3 is 2.52 bits per heavy atom. The molecular weight excluding hydrogens is 394 g/mol. The molecule has 0 bridgehead atoms. The zero-order valence-electron chi connectivity index (χ0n) is 14.3. The average Bonchev–Trinajstić information content (AvgIpc) is 3.00. The zero-order chi connectivity index (χ0) is 19.9. The van der Waals surface area contributed by atoms with Gasteiger partial charge in [0.1, 0.15) is 16.3 Å². The number of esters is 1. The molecule has 0 atom stereocenters. The maximum absolute atomic E-state index is 12.4. The van der Waals surface area contributed by atoms with Crippen molar-refractivity contribution in [1.82, 2.24) is 9.13 Å². The number of nitrogens with two attached hydrogens (primary N) is 1. The number of halogens is 1. The fourth-order valence-corrected chi connectivity index (χ4v) is 3.94. The minimum absolute atomic E-state index is 0.159. The third-order valence-corrected chi connectivity index (χ3v) is 5.70. The number of fused-ring (bicyclic) bond motifs is 1. The highest BCUT2D eigenvalue weighted by molar-refractivity contribution is 7.21. The fraction of sp³-hybridized carbons (Fsp3) is 0.176. The highest BCUT2D eigenvalue weighted by atomic mass is 35.5. The van der Waals surface area contributed by atoms with E-state index in [0.29, 0.717) is 5.39 Å². The number of ketones is 1. The second-order valence-electron chi connectivity index (χ2n) is 5.71. The molecule has 10 heteroatoms. The topological polar surface area (TPSA) is 113 Å². The summed E-state index contributed by atoms with van der Waals surface area (Å²) in [5.74, 6) is -1.88. The van der Waals surface area contributed by atoms with Crippen molar-refractivity contribution in [2.24, 2.45) is 14.1 Å². The lowest BCUT2D eigenvalue weighted by Crippen LogP contribution is -2.42. The Kier molecular flexibility index (Phi) is 4.90. The Hall–Kier alpha value is -2.91. The number of anilines is 1. The molecule has 0 saturated heterocycles. The molecular formula is C17H14ClN3O5S. The fourth-order valence-electron chi connectivity index (χ4n) is 2.54. The van der Waals surface area contributed by atoms with Crippen molar-refractivity contribution in [3.05, 3.63) is 60.6 Å². The number of nitrogens with zero attached hydrogens (tertiary/aromatic N) is 2. The number of carbonyl (C=O) groups is 2. The van der Waals surface area contributed by atoms with Crippen LogP contribution < -0.4 is 17.0 Å². The minimum Gasteiger partial charge on any atom is -0.453 e. The number of nitrogen functional groups attached to an aromatic ring is 1. The van der Waals surface area contributed by atoms with Gasteiger partial charge in [0.05, 0.1) is 5.02 Å². The SMILES string of the molecule is Cn1c(N)c(C(=O)COC(=O)c2sc3ccccc3c2Cl)c(=O)n(C)c1=O. The lowest BCUT2D eigenvalue weighted by molar-refractivity contribution is 0.0479. The standard InChI is InChI=1S/C17H14ClN3O5S/c1-20-14(19)11(15(23)21(2)17(20)25)9(22)7-26-16(24)13-12(18)8-5-3-4-6-10(8)27-13/h3-6H,7,19H2,1-2H3. The van der Waals surface area contributed by atoms with E-state index in [-0.39, 0.29) is 15.7 Å². The molecule has 0 radical (unpaired) electrons. The zero-order valence-corrected chi connectivity index (χ0v) is 15.9. The molecule has 0 spiro atoms. The van der Waals surface area contributed by atoms with Crippen molar-refractivity contribution in [2.45, 2.75) is 0 Å². The number of thiophene rings is 1.